The molecule has 1 aromatic carbocycles. The van der Waals surface area contributed by atoms with Crippen molar-refractivity contribution in [2.75, 3.05) is 7.11 Å². The Morgan fingerprint density at radius 3 is 2.59 bits per heavy atom. The summed E-state index contributed by atoms with van der Waals surface area (Å²) in [5, 5.41) is 14.4. The molecule has 0 radical (unpaired) electrons. The molecule has 0 fully saturated rings. The molecule has 90 valence electrons. The van der Waals surface area contributed by atoms with Gasteiger partial charge in [0.25, 0.3) is 0 Å². The maximum atomic E-state index is 10.3. The van der Waals surface area contributed by atoms with Crippen LogP contribution in [0.3, 0.4) is 0 Å². The highest BCUT2D eigenvalue weighted by Crippen LogP contribution is 2.29. The largest absolute Gasteiger partial charge is 0.493 e. The predicted octanol–water partition coefficient (Wildman–Crippen LogP) is 2.12. The molecule has 1 heterocycles. The summed E-state index contributed by atoms with van der Waals surface area (Å²) in [5.41, 5.74) is 1.49. The van der Waals surface area contributed by atoms with E-state index in [-0.39, 0.29) is 0 Å². The van der Waals surface area contributed by atoms with Crippen molar-refractivity contribution in [2.24, 2.45) is 7.05 Å². The number of methoxy groups -OCH3 is 1. The molecule has 0 aliphatic rings. The van der Waals surface area contributed by atoms with Gasteiger partial charge in [-0.3, -0.25) is 4.68 Å². The van der Waals surface area contributed by atoms with Crippen molar-refractivity contribution in [3.05, 3.63) is 45.3 Å². The Balaban J connectivity index is 2.39. The first-order valence-electron chi connectivity index (χ1n) is 5.13. The second kappa shape index (κ2) is 5.05. The van der Waals surface area contributed by atoms with Crippen LogP contribution in [0.1, 0.15) is 17.4 Å². The molecule has 0 saturated carbocycles. The summed E-state index contributed by atoms with van der Waals surface area (Å²) in [6, 6.07) is 7.72. The monoisotopic (exact) mass is 344 g/mol. The Kier molecular flexibility index (Phi) is 3.68. The smallest absolute Gasteiger partial charge is 0.162 e. The van der Waals surface area contributed by atoms with Crippen LogP contribution in [-0.4, -0.2) is 22.0 Å². The lowest BCUT2D eigenvalue weighted by Crippen LogP contribution is -2.08. The summed E-state index contributed by atoms with van der Waals surface area (Å²) < 4.78 is 7.95. The minimum absolute atomic E-state index is 0.596. The van der Waals surface area contributed by atoms with Crippen LogP contribution in [0.15, 0.2) is 30.5 Å². The Morgan fingerprint density at radius 2 is 2.00 bits per heavy atom. The second-order valence-electron chi connectivity index (χ2n) is 3.68. The number of ether oxygens (including phenoxy) is 1. The van der Waals surface area contributed by atoms with Crippen molar-refractivity contribution in [3.63, 3.8) is 0 Å². The predicted molar refractivity (Wildman–Crippen MR) is 73.0 cm³/mol. The van der Waals surface area contributed by atoms with E-state index in [1.165, 1.54) is 0 Å². The third-order valence-corrected chi connectivity index (χ3v) is 3.33. The molecule has 1 N–H and O–H groups in total. The van der Waals surface area contributed by atoms with E-state index in [0.29, 0.717) is 11.4 Å². The fraction of sp³-hybridized carbons (Fsp3) is 0.250. The highest BCUT2D eigenvalue weighted by molar-refractivity contribution is 14.1. The number of rotatable bonds is 3. The molecule has 0 bridgehead atoms. The number of aliphatic hydroxyl groups is 1. The van der Waals surface area contributed by atoms with Crippen LogP contribution in [0.4, 0.5) is 0 Å². The summed E-state index contributed by atoms with van der Waals surface area (Å²) in [6.45, 7) is 0. The number of benzene rings is 1. The quantitative estimate of drug-likeness (QED) is 0.868. The third-order valence-electron chi connectivity index (χ3n) is 2.61. The molecule has 0 spiro atoms. The lowest BCUT2D eigenvalue weighted by atomic mass is 10.1. The van der Waals surface area contributed by atoms with Gasteiger partial charge in [0.2, 0.25) is 0 Å². The van der Waals surface area contributed by atoms with Crippen LogP contribution in [0, 0.1) is 3.57 Å². The van der Waals surface area contributed by atoms with Gasteiger partial charge >= 0.3 is 0 Å². The maximum Gasteiger partial charge on any atom is 0.162 e. The van der Waals surface area contributed by atoms with E-state index in [4.69, 9.17) is 4.74 Å². The van der Waals surface area contributed by atoms with E-state index >= 15 is 0 Å². The Bertz CT molecular complexity index is 508. The van der Waals surface area contributed by atoms with Gasteiger partial charge in [0.15, 0.2) is 5.75 Å². The highest BCUT2D eigenvalue weighted by Gasteiger charge is 2.19. The van der Waals surface area contributed by atoms with Crippen LogP contribution < -0.4 is 4.74 Å². The first kappa shape index (κ1) is 12.4. The van der Waals surface area contributed by atoms with E-state index in [9.17, 15) is 5.11 Å². The van der Waals surface area contributed by atoms with E-state index in [1.54, 1.807) is 25.0 Å². The van der Waals surface area contributed by atoms with Crippen LogP contribution in [0.2, 0.25) is 0 Å². The summed E-state index contributed by atoms with van der Waals surface area (Å²) in [5.74, 6) is 0.596. The number of aromatic nitrogens is 2. The zero-order valence-electron chi connectivity index (χ0n) is 9.59. The van der Waals surface area contributed by atoms with Gasteiger partial charge < -0.3 is 9.84 Å². The molecule has 2 aromatic rings. The molecule has 1 unspecified atom stereocenters. The van der Waals surface area contributed by atoms with Crippen LogP contribution in [-0.2, 0) is 7.05 Å². The molecule has 0 aliphatic carbocycles. The molecule has 1 atom stereocenters. The van der Waals surface area contributed by atoms with E-state index < -0.39 is 6.10 Å². The van der Waals surface area contributed by atoms with Gasteiger partial charge in [-0.15, -0.1) is 0 Å². The highest BCUT2D eigenvalue weighted by atomic mass is 127. The van der Waals surface area contributed by atoms with Crippen molar-refractivity contribution in [2.45, 2.75) is 6.10 Å². The topological polar surface area (TPSA) is 47.3 Å². The number of halogens is 1. The first-order valence-corrected chi connectivity index (χ1v) is 6.20. The van der Waals surface area contributed by atoms with Crippen molar-refractivity contribution in [1.29, 1.82) is 0 Å². The summed E-state index contributed by atoms with van der Waals surface area (Å²) >= 11 is 2.23. The number of aliphatic hydroxyl groups excluding tert-OH is 1. The minimum atomic E-state index is -0.727. The lowest BCUT2D eigenvalue weighted by molar-refractivity contribution is 0.204. The minimum Gasteiger partial charge on any atom is -0.493 e. The number of aryl methyl sites for hydroxylation is 1. The second-order valence-corrected chi connectivity index (χ2v) is 4.92. The molecule has 17 heavy (non-hydrogen) atoms. The van der Waals surface area contributed by atoms with E-state index in [2.05, 4.69) is 27.7 Å². The first-order chi connectivity index (χ1) is 8.13. The number of hydrogen-bond acceptors (Lipinski definition) is 3. The molecular weight excluding hydrogens is 331 g/mol. The van der Waals surface area contributed by atoms with Gasteiger partial charge in [0.05, 0.1) is 13.3 Å². The normalized spacial score (nSPS) is 12.5. The fourth-order valence-electron chi connectivity index (χ4n) is 1.70. The van der Waals surface area contributed by atoms with Crippen LogP contribution >= 0.6 is 22.6 Å². The lowest BCUT2D eigenvalue weighted by Gasteiger charge is -2.13. The van der Waals surface area contributed by atoms with Crippen LogP contribution in [0.25, 0.3) is 0 Å². The fourth-order valence-corrected chi connectivity index (χ4v) is 2.06. The SMILES string of the molecule is COc1cnn(C)c1C(O)c1ccc(I)cc1. The number of hydrogen-bond donors (Lipinski definition) is 1. The maximum absolute atomic E-state index is 10.3. The van der Waals surface area contributed by atoms with Crippen molar-refractivity contribution < 1.29 is 9.84 Å². The summed E-state index contributed by atoms with van der Waals surface area (Å²) in [7, 11) is 3.36. The van der Waals surface area contributed by atoms with E-state index in [1.807, 2.05) is 24.3 Å². The van der Waals surface area contributed by atoms with Crippen molar-refractivity contribution >= 4 is 22.6 Å². The number of nitrogens with zero attached hydrogens (tertiary/aromatic N) is 2. The average Bonchev–Trinajstić information content (AvgIpc) is 2.70. The zero-order chi connectivity index (χ0) is 12.4. The van der Waals surface area contributed by atoms with Gasteiger partial charge in [0, 0.05) is 10.6 Å². The van der Waals surface area contributed by atoms with Gasteiger partial charge in [-0.2, -0.15) is 5.10 Å². The summed E-state index contributed by atoms with van der Waals surface area (Å²) in [4.78, 5) is 0. The average molecular weight is 344 g/mol. The third kappa shape index (κ3) is 2.44. The van der Waals surface area contributed by atoms with Gasteiger partial charge in [-0.1, -0.05) is 12.1 Å². The molecule has 4 nitrogen and oxygen atoms in total. The standard InChI is InChI=1S/C12H13IN2O2/c1-15-11(10(17-2)7-14-15)12(16)8-3-5-9(13)6-4-8/h3-7,12,16H,1-2H3. The summed E-state index contributed by atoms with van der Waals surface area (Å²) in [6.07, 6.45) is 0.875. The molecule has 2 rings (SSSR count). The van der Waals surface area contributed by atoms with Gasteiger partial charge in [0.1, 0.15) is 11.8 Å². The van der Waals surface area contributed by atoms with Crippen molar-refractivity contribution in [1.82, 2.24) is 9.78 Å². The van der Waals surface area contributed by atoms with Crippen molar-refractivity contribution in [3.8, 4) is 5.75 Å². The van der Waals surface area contributed by atoms with Gasteiger partial charge in [-0.25, -0.2) is 0 Å². The molecule has 0 amide bonds. The zero-order valence-corrected chi connectivity index (χ0v) is 11.7. The molecule has 0 saturated heterocycles. The Morgan fingerprint density at radius 1 is 1.35 bits per heavy atom. The molecular formula is C12H13IN2O2. The van der Waals surface area contributed by atoms with E-state index in [0.717, 1.165) is 9.13 Å². The molecule has 0 aliphatic heterocycles. The van der Waals surface area contributed by atoms with Gasteiger partial charge in [-0.05, 0) is 40.3 Å². The molecule has 1 aromatic heterocycles. The van der Waals surface area contributed by atoms with Crippen LogP contribution in [0.5, 0.6) is 5.75 Å². The Labute approximate surface area is 113 Å². The molecule has 5 heteroatoms. The Hall–Kier alpha value is -1.08.